The van der Waals surface area contributed by atoms with Crippen LogP contribution in [0.2, 0.25) is 0 Å². The fraction of sp³-hybridized carbons (Fsp3) is 0.412. The SMILES string of the molecule is CN(C)CC(=O)Nc1cccc(NC(=O)C2CC=CCC2)c1. The van der Waals surface area contributed by atoms with Crippen LogP contribution in [-0.4, -0.2) is 37.4 Å². The van der Waals surface area contributed by atoms with Crippen molar-refractivity contribution < 1.29 is 9.59 Å². The number of allylic oxidation sites excluding steroid dienone is 2. The van der Waals surface area contributed by atoms with E-state index >= 15 is 0 Å². The molecule has 2 rings (SSSR count). The van der Waals surface area contributed by atoms with Crippen LogP contribution in [0.3, 0.4) is 0 Å². The van der Waals surface area contributed by atoms with Crippen molar-refractivity contribution in [2.45, 2.75) is 19.3 Å². The highest BCUT2D eigenvalue weighted by Gasteiger charge is 2.18. The van der Waals surface area contributed by atoms with Gasteiger partial charge in [-0.2, -0.15) is 0 Å². The lowest BCUT2D eigenvalue weighted by atomic mass is 9.93. The number of hydrogen-bond acceptors (Lipinski definition) is 3. The molecule has 0 heterocycles. The highest BCUT2D eigenvalue weighted by Crippen LogP contribution is 2.21. The maximum atomic E-state index is 12.2. The minimum atomic E-state index is -0.0779. The number of amides is 2. The molecule has 5 nitrogen and oxygen atoms in total. The maximum absolute atomic E-state index is 12.2. The van der Waals surface area contributed by atoms with E-state index in [1.165, 1.54) is 0 Å². The van der Waals surface area contributed by atoms with Crippen molar-refractivity contribution in [3.8, 4) is 0 Å². The van der Waals surface area contributed by atoms with Gasteiger partial charge < -0.3 is 15.5 Å². The number of benzene rings is 1. The third-order valence-corrected chi connectivity index (χ3v) is 3.51. The van der Waals surface area contributed by atoms with Crippen LogP contribution in [0.25, 0.3) is 0 Å². The van der Waals surface area contributed by atoms with Gasteiger partial charge in [-0.15, -0.1) is 0 Å². The summed E-state index contributed by atoms with van der Waals surface area (Å²) in [7, 11) is 3.68. The molecule has 118 valence electrons. The zero-order valence-electron chi connectivity index (χ0n) is 13.1. The quantitative estimate of drug-likeness (QED) is 0.821. The molecule has 1 aliphatic carbocycles. The molecule has 0 spiro atoms. The molecule has 0 bridgehead atoms. The van der Waals surface area contributed by atoms with Gasteiger partial charge in [0.2, 0.25) is 11.8 Å². The highest BCUT2D eigenvalue weighted by atomic mass is 16.2. The Labute approximate surface area is 131 Å². The lowest BCUT2D eigenvalue weighted by molar-refractivity contribution is -0.120. The van der Waals surface area contributed by atoms with E-state index in [0.29, 0.717) is 17.9 Å². The Morgan fingerprint density at radius 2 is 1.91 bits per heavy atom. The van der Waals surface area contributed by atoms with Crippen LogP contribution < -0.4 is 10.6 Å². The van der Waals surface area contributed by atoms with E-state index in [4.69, 9.17) is 0 Å². The van der Waals surface area contributed by atoms with Gasteiger partial charge in [0.15, 0.2) is 0 Å². The predicted octanol–water partition coefficient (Wildman–Crippen LogP) is 2.48. The number of carbonyl (C=O) groups excluding carboxylic acids is 2. The fourth-order valence-electron chi connectivity index (χ4n) is 2.44. The molecule has 2 amide bonds. The Hall–Kier alpha value is -2.14. The zero-order chi connectivity index (χ0) is 15.9. The lowest BCUT2D eigenvalue weighted by Crippen LogP contribution is -2.27. The smallest absolute Gasteiger partial charge is 0.238 e. The number of likely N-dealkylation sites (N-methyl/N-ethyl adjacent to an activating group) is 1. The van der Waals surface area contributed by atoms with Crippen LogP contribution >= 0.6 is 0 Å². The number of nitrogens with zero attached hydrogens (tertiary/aromatic N) is 1. The van der Waals surface area contributed by atoms with Crippen LogP contribution in [0, 0.1) is 5.92 Å². The number of hydrogen-bond donors (Lipinski definition) is 2. The molecule has 0 aromatic heterocycles. The summed E-state index contributed by atoms with van der Waals surface area (Å²) in [5.74, 6) is 0.00370. The second kappa shape index (κ2) is 7.75. The van der Waals surface area contributed by atoms with Gasteiger partial charge in [-0.3, -0.25) is 9.59 Å². The van der Waals surface area contributed by atoms with E-state index in [1.807, 2.05) is 32.3 Å². The standard InChI is InChI=1S/C17H23N3O2/c1-20(2)12-16(21)18-14-9-6-10-15(11-14)19-17(22)13-7-4-3-5-8-13/h3-4,6,9-11,13H,5,7-8,12H2,1-2H3,(H,18,21)(H,19,22). The van der Waals surface area contributed by atoms with E-state index < -0.39 is 0 Å². The third kappa shape index (κ3) is 5.00. The largest absolute Gasteiger partial charge is 0.326 e. The van der Waals surface area contributed by atoms with Gasteiger partial charge in [-0.25, -0.2) is 0 Å². The fourth-order valence-corrected chi connectivity index (χ4v) is 2.44. The van der Waals surface area contributed by atoms with Gasteiger partial charge in [0, 0.05) is 17.3 Å². The van der Waals surface area contributed by atoms with Gasteiger partial charge in [0.1, 0.15) is 0 Å². The second-order valence-electron chi connectivity index (χ2n) is 5.84. The first-order chi connectivity index (χ1) is 10.5. The molecule has 1 aromatic rings. The third-order valence-electron chi connectivity index (χ3n) is 3.51. The predicted molar refractivity (Wildman–Crippen MR) is 88.7 cm³/mol. The molecule has 22 heavy (non-hydrogen) atoms. The summed E-state index contributed by atoms with van der Waals surface area (Å²) < 4.78 is 0. The maximum Gasteiger partial charge on any atom is 0.238 e. The molecule has 0 saturated heterocycles. The van der Waals surface area contributed by atoms with Crippen molar-refractivity contribution in [2.75, 3.05) is 31.3 Å². The van der Waals surface area contributed by atoms with E-state index in [-0.39, 0.29) is 17.7 Å². The lowest BCUT2D eigenvalue weighted by Gasteiger charge is -2.17. The van der Waals surface area contributed by atoms with Crippen molar-refractivity contribution >= 4 is 23.2 Å². The average Bonchev–Trinajstić information content (AvgIpc) is 2.47. The first kappa shape index (κ1) is 16.2. The average molecular weight is 301 g/mol. The Kier molecular flexibility index (Phi) is 5.72. The van der Waals surface area contributed by atoms with E-state index in [0.717, 1.165) is 19.3 Å². The van der Waals surface area contributed by atoms with Crippen LogP contribution in [-0.2, 0) is 9.59 Å². The van der Waals surface area contributed by atoms with Gasteiger partial charge in [0.25, 0.3) is 0 Å². The van der Waals surface area contributed by atoms with Gasteiger partial charge >= 0.3 is 0 Å². The summed E-state index contributed by atoms with van der Waals surface area (Å²) in [5, 5.41) is 5.75. The second-order valence-corrected chi connectivity index (χ2v) is 5.84. The molecule has 1 unspecified atom stereocenters. The normalized spacial score (nSPS) is 17.3. The first-order valence-electron chi connectivity index (χ1n) is 7.55. The van der Waals surface area contributed by atoms with Gasteiger partial charge in [-0.05, 0) is 51.6 Å². The van der Waals surface area contributed by atoms with Crippen LogP contribution in [0.4, 0.5) is 11.4 Å². The number of rotatable bonds is 5. The Balaban J connectivity index is 1.94. The van der Waals surface area contributed by atoms with E-state index in [2.05, 4.69) is 22.8 Å². The number of anilines is 2. The van der Waals surface area contributed by atoms with Gasteiger partial charge in [0.05, 0.1) is 6.54 Å². The molecule has 2 N–H and O–H groups in total. The van der Waals surface area contributed by atoms with Crippen molar-refractivity contribution in [1.82, 2.24) is 4.90 Å². The van der Waals surface area contributed by atoms with Gasteiger partial charge in [-0.1, -0.05) is 18.2 Å². The molecule has 1 atom stereocenters. The molecule has 1 aromatic carbocycles. The van der Waals surface area contributed by atoms with E-state index in [1.54, 1.807) is 11.0 Å². The first-order valence-corrected chi connectivity index (χ1v) is 7.55. The number of carbonyl (C=O) groups is 2. The summed E-state index contributed by atoms with van der Waals surface area (Å²) in [6, 6.07) is 7.25. The molecule has 0 fully saturated rings. The molecule has 0 radical (unpaired) electrons. The summed E-state index contributed by atoms with van der Waals surface area (Å²) in [6.45, 7) is 0.324. The highest BCUT2D eigenvalue weighted by molar-refractivity contribution is 5.95. The van der Waals surface area contributed by atoms with Crippen LogP contribution in [0.15, 0.2) is 36.4 Å². The van der Waals surface area contributed by atoms with Crippen LogP contribution in [0.1, 0.15) is 19.3 Å². The Morgan fingerprint density at radius 1 is 1.18 bits per heavy atom. The molecule has 0 saturated carbocycles. The molecule has 5 heteroatoms. The Morgan fingerprint density at radius 3 is 2.55 bits per heavy atom. The Bertz CT molecular complexity index is 567. The topological polar surface area (TPSA) is 61.4 Å². The summed E-state index contributed by atoms with van der Waals surface area (Å²) in [4.78, 5) is 25.8. The minimum absolute atomic E-state index is 0.0389. The minimum Gasteiger partial charge on any atom is -0.326 e. The van der Waals surface area contributed by atoms with Crippen molar-refractivity contribution in [2.24, 2.45) is 5.92 Å². The van der Waals surface area contributed by atoms with Crippen LogP contribution in [0.5, 0.6) is 0 Å². The van der Waals surface area contributed by atoms with Crippen molar-refractivity contribution in [1.29, 1.82) is 0 Å². The van der Waals surface area contributed by atoms with Crippen molar-refractivity contribution in [3.63, 3.8) is 0 Å². The molecular weight excluding hydrogens is 278 g/mol. The van der Waals surface area contributed by atoms with E-state index in [9.17, 15) is 9.59 Å². The zero-order valence-corrected chi connectivity index (χ0v) is 13.1. The van der Waals surface area contributed by atoms with Crippen molar-refractivity contribution in [3.05, 3.63) is 36.4 Å². The summed E-state index contributed by atoms with van der Waals surface area (Å²) in [5.41, 5.74) is 1.40. The number of nitrogens with one attached hydrogen (secondary N) is 2. The summed E-state index contributed by atoms with van der Waals surface area (Å²) >= 11 is 0. The molecule has 0 aliphatic heterocycles. The summed E-state index contributed by atoms with van der Waals surface area (Å²) in [6.07, 6.45) is 6.82. The molecular formula is C17H23N3O2. The molecule has 1 aliphatic rings. The monoisotopic (exact) mass is 301 g/mol.